The van der Waals surface area contributed by atoms with E-state index < -0.39 is 0 Å². The fraction of sp³-hybridized carbons (Fsp3) is 0.357. The van der Waals surface area contributed by atoms with Crippen molar-refractivity contribution in [2.45, 2.75) is 19.9 Å². The van der Waals surface area contributed by atoms with Crippen molar-refractivity contribution in [3.8, 4) is 5.75 Å². The standard InChI is InChI=1S/C14H20N4O/c1-9-5-6-13(19-4)11(7-9)14(16-15)12-8-18(3)17-10(12)2/h5-8,14,16H,15H2,1-4H3. The molecule has 19 heavy (non-hydrogen) atoms. The zero-order chi connectivity index (χ0) is 14.0. The summed E-state index contributed by atoms with van der Waals surface area (Å²) in [7, 11) is 3.56. The van der Waals surface area contributed by atoms with Gasteiger partial charge in [-0.25, -0.2) is 5.43 Å². The molecule has 1 unspecified atom stereocenters. The molecule has 0 bridgehead atoms. The van der Waals surface area contributed by atoms with Crippen molar-refractivity contribution in [1.82, 2.24) is 15.2 Å². The van der Waals surface area contributed by atoms with E-state index in [2.05, 4.69) is 16.6 Å². The number of nitrogens with two attached hydrogens (primary N) is 1. The van der Waals surface area contributed by atoms with Crippen molar-refractivity contribution in [3.05, 3.63) is 46.8 Å². The first-order chi connectivity index (χ1) is 9.06. The van der Waals surface area contributed by atoms with E-state index in [4.69, 9.17) is 10.6 Å². The molecular weight excluding hydrogens is 240 g/mol. The number of benzene rings is 1. The maximum Gasteiger partial charge on any atom is 0.124 e. The Morgan fingerprint density at radius 3 is 2.58 bits per heavy atom. The minimum Gasteiger partial charge on any atom is -0.496 e. The Kier molecular flexibility index (Phi) is 3.87. The zero-order valence-electron chi connectivity index (χ0n) is 11.8. The Morgan fingerprint density at radius 1 is 1.32 bits per heavy atom. The molecule has 0 saturated carbocycles. The average molecular weight is 260 g/mol. The summed E-state index contributed by atoms with van der Waals surface area (Å²) in [6.07, 6.45) is 1.97. The van der Waals surface area contributed by atoms with Gasteiger partial charge in [-0.2, -0.15) is 5.10 Å². The average Bonchev–Trinajstić information content (AvgIpc) is 2.70. The maximum atomic E-state index is 5.75. The van der Waals surface area contributed by atoms with E-state index in [1.807, 2.05) is 39.2 Å². The highest BCUT2D eigenvalue weighted by molar-refractivity contribution is 5.44. The van der Waals surface area contributed by atoms with E-state index in [9.17, 15) is 0 Å². The first-order valence-corrected chi connectivity index (χ1v) is 6.17. The van der Waals surface area contributed by atoms with Crippen LogP contribution in [0.1, 0.15) is 28.4 Å². The van der Waals surface area contributed by atoms with Crippen LogP contribution in [0.15, 0.2) is 24.4 Å². The quantitative estimate of drug-likeness (QED) is 0.647. The molecule has 1 aromatic heterocycles. The Bertz CT molecular complexity index is 577. The number of aromatic nitrogens is 2. The van der Waals surface area contributed by atoms with Gasteiger partial charge in [-0.1, -0.05) is 17.7 Å². The highest BCUT2D eigenvalue weighted by Crippen LogP contribution is 2.31. The lowest BCUT2D eigenvalue weighted by Gasteiger charge is -2.19. The predicted molar refractivity (Wildman–Crippen MR) is 74.8 cm³/mol. The van der Waals surface area contributed by atoms with Crippen LogP contribution in [-0.2, 0) is 7.05 Å². The van der Waals surface area contributed by atoms with Crippen LogP contribution in [0, 0.1) is 13.8 Å². The molecule has 0 amide bonds. The molecule has 5 nitrogen and oxygen atoms in total. The van der Waals surface area contributed by atoms with Crippen molar-refractivity contribution >= 4 is 0 Å². The SMILES string of the molecule is COc1ccc(C)cc1C(NN)c1cn(C)nc1C. The largest absolute Gasteiger partial charge is 0.496 e. The minimum atomic E-state index is -0.136. The molecule has 2 rings (SSSR count). The van der Waals surface area contributed by atoms with Gasteiger partial charge in [0.15, 0.2) is 0 Å². The number of nitrogens with zero attached hydrogens (tertiary/aromatic N) is 2. The van der Waals surface area contributed by atoms with Gasteiger partial charge in [0.05, 0.1) is 18.8 Å². The normalized spacial score (nSPS) is 12.5. The number of rotatable bonds is 4. The topological polar surface area (TPSA) is 65.1 Å². The highest BCUT2D eigenvalue weighted by Gasteiger charge is 2.20. The molecular formula is C14H20N4O. The molecule has 5 heteroatoms. The van der Waals surface area contributed by atoms with Gasteiger partial charge >= 0.3 is 0 Å². The van der Waals surface area contributed by atoms with Gasteiger partial charge in [0.1, 0.15) is 5.75 Å². The van der Waals surface area contributed by atoms with E-state index in [1.165, 1.54) is 0 Å². The first-order valence-electron chi connectivity index (χ1n) is 6.17. The van der Waals surface area contributed by atoms with Gasteiger partial charge < -0.3 is 4.74 Å². The summed E-state index contributed by atoms with van der Waals surface area (Å²) in [6.45, 7) is 4.02. The van der Waals surface area contributed by atoms with Gasteiger partial charge in [-0.05, 0) is 19.9 Å². The number of hydrogen-bond acceptors (Lipinski definition) is 4. The van der Waals surface area contributed by atoms with E-state index >= 15 is 0 Å². The number of methoxy groups -OCH3 is 1. The van der Waals surface area contributed by atoms with Crippen LogP contribution in [-0.4, -0.2) is 16.9 Å². The van der Waals surface area contributed by atoms with Crippen molar-refractivity contribution in [2.24, 2.45) is 12.9 Å². The van der Waals surface area contributed by atoms with Gasteiger partial charge in [0, 0.05) is 24.4 Å². The van der Waals surface area contributed by atoms with E-state index in [1.54, 1.807) is 11.8 Å². The molecule has 0 spiro atoms. The van der Waals surface area contributed by atoms with Crippen LogP contribution in [0.3, 0.4) is 0 Å². The summed E-state index contributed by atoms with van der Waals surface area (Å²) in [5.74, 6) is 6.56. The van der Waals surface area contributed by atoms with E-state index in [0.29, 0.717) is 0 Å². The molecule has 1 aromatic carbocycles. The number of hydrogen-bond donors (Lipinski definition) is 2. The second kappa shape index (κ2) is 5.42. The minimum absolute atomic E-state index is 0.136. The van der Waals surface area contributed by atoms with Gasteiger partial charge in [0.25, 0.3) is 0 Å². The van der Waals surface area contributed by atoms with Crippen LogP contribution in [0.2, 0.25) is 0 Å². The van der Waals surface area contributed by atoms with Crippen LogP contribution < -0.4 is 16.0 Å². The zero-order valence-corrected chi connectivity index (χ0v) is 11.8. The second-order valence-corrected chi connectivity index (χ2v) is 4.69. The fourth-order valence-electron chi connectivity index (χ4n) is 2.33. The summed E-state index contributed by atoms with van der Waals surface area (Å²) >= 11 is 0. The third kappa shape index (κ3) is 2.62. The van der Waals surface area contributed by atoms with Crippen LogP contribution in [0.25, 0.3) is 0 Å². The molecule has 1 atom stereocenters. The number of hydrazine groups is 1. The van der Waals surface area contributed by atoms with Crippen molar-refractivity contribution in [1.29, 1.82) is 0 Å². The molecule has 0 saturated heterocycles. The van der Waals surface area contributed by atoms with Crippen LogP contribution in [0.5, 0.6) is 5.75 Å². The molecule has 1 heterocycles. The summed E-state index contributed by atoms with van der Waals surface area (Å²) in [5, 5.41) is 4.36. The molecule has 3 N–H and O–H groups in total. The second-order valence-electron chi connectivity index (χ2n) is 4.69. The monoisotopic (exact) mass is 260 g/mol. The highest BCUT2D eigenvalue weighted by atomic mass is 16.5. The van der Waals surface area contributed by atoms with Gasteiger partial charge in [-0.3, -0.25) is 10.5 Å². The smallest absolute Gasteiger partial charge is 0.124 e. The number of aryl methyl sites for hydroxylation is 3. The van der Waals surface area contributed by atoms with E-state index in [0.717, 1.165) is 28.1 Å². The molecule has 102 valence electrons. The molecule has 2 aromatic rings. The Hall–Kier alpha value is -1.85. The molecule has 0 aliphatic heterocycles. The summed E-state index contributed by atoms with van der Waals surface area (Å²) in [4.78, 5) is 0. The van der Waals surface area contributed by atoms with Crippen molar-refractivity contribution in [3.63, 3.8) is 0 Å². The van der Waals surface area contributed by atoms with Crippen molar-refractivity contribution < 1.29 is 4.74 Å². The molecule has 0 fully saturated rings. The van der Waals surface area contributed by atoms with E-state index in [-0.39, 0.29) is 6.04 Å². The number of ether oxygens (including phenoxy) is 1. The van der Waals surface area contributed by atoms with Gasteiger partial charge in [0.2, 0.25) is 0 Å². The van der Waals surface area contributed by atoms with Crippen LogP contribution >= 0.6 is 0 Å². The van der Waals surface area contributed by atoms with Crippen molar-refractivity contribution in [2.75, 3.05) is 7.11 Å². The third-order valence-corrected chi connectivity index (χ3v) is 3.23. The lowest BCUT2D eigenvalue weighted by molar-refractivity contribution is 0.404. The third-order valence-electron chi connectivity index (χ3n) is 3.23. The number of nitrogens with one attached hydrogen (secondary N) is 1. The summed E-state index contributed by atoms with van der Waals surface area (Å²) in [6, 6.07) is 5.92. The Labute approximate surface area is 113 Å². The maximum absolute atomic E-state index is 5.75. The van der Waals surface area contributed by atoms with Gasteiger partial charge in [-0.15, -0.1) is 0 Å². The Morgan fingerprint density at radius 2 is 2.05 bits per heavy atom. The fourth-order valence-corrected chi connectivity index (χ4v) is 2.33. The first kappa shape index (κ1) is 13.6. The predicted octanol–water partition coefficient (Wildman–Crippen LogP) is 1.60. The lowest BCUT2D eigenvalue weighted by Crippen LogP contribution is -2.29. The molecule has 0 aliphatic rings. The summed E-state index contributed by atoms with van der Waals surface area (Å²) < 4.78 is 7.22. The van der Waals surface area contributed by atoms with Crippen LogP contribution in [0.4, 0.5) is 0 Å². The Balaban J connectivity index is 2.53. The molecule has 0 radical (unpaired) electrons. The lowest BCUT2D eigenvalue weighted by atomic mass is 9.97. The summed E-state index contributed by atoms with van der Waals surface area (Å²) in [5.41, 5.74) is 7.04. The molecule has 0 aliphatic carbocycles.